The Labute approximate surface area is 125 Å². The highest BCUT2D eigenvalue weighted by Gasteiger charge is 2.40. The van der Waals surface area contributed by atoms with Crippen LogP contribution in [-0.4, -0.2) is 43.2 Å². The van der Waals surface area contributed by atoms with E-state index >= 15 is 0 Å². The summed E-state index contributed by atoms with van der Waals surface area (Å²) < 4.78 is 5.33. The number of esters is 1. The first-order chi connectivity index (χ1) is 9.66. The van der Waals surface area contributed by atoms with Crippen LogP contribution in [0, 0.1) is 0 Å². The van der Waals surface area contributed by atoms with E-state index < -0.39 is 5.54 Å². The molecule has 0 saturated carbocycles. The molecule has 1 aliphatic heterocycles. The second kappa shape index (κ2) is 7.20. The average Bonchev–Trinajstić information content (AvgIpc) is 2.88. The zero-order valence-corrected chi connectivity index (χ0v) is 13.2. The number of hydrogen-bond donors (Lipinski definition) is 1. The van der Waals surface area contributed by atoms with Gasteiger partial charge < -0.3 is 9.64 Å². The highest BCUT2D eigenvalue weighted by molar-refractivity contribution is 7.09. The second-order valence-electron chi connectivity index (χ2n) is 5.39. The quantitative estimate of drug-likeness (QED) is 0.846. The van der Waals surface area contributed by atoms with Crippen LogP contribution in [0.4, 0.5) is 0 Å². The molecule has 0 aliphatic carbocycles. The van der Waals surface area contributed by atoms with Crippen LogP contribution in [-0.2, 0) is 16.1 Å². The lowest BCUT2D eigenvalue weighted by atomic mass is 9.90. The summed E-state index contributed by atoms with van der Waals surface area (Å²) in [5.41, 5.74) is -0.523. The number of nitrogens with zero attached hydrogens (tertiary/aromatic N) is 1. The molecular formula is C15H24N2O2S. The van der Waals surface area contributed by atoms with Crippen molar-refractivity contribution in [3.63, 3.8) is 0 Å². The van der Waals surface area contributed by atoms with Crippen molar-refractivity contribution in [2.24, 2.45) is 0 Å². The molecule has 1 saturated heterocycles. The smallest absolute Gasteiger partial charge is 0.326 e. The van der Waals surface area contributed by atoms with E-state index in [0.29, 0.717) is 6.61 Å². The summed E-state index contributed by atoms with van der Waals surface area (Å²) in [4.78, 5) is 16.0. The molecule has 1 aliphatic rings. The average molecular weight is 296 g/mol. The zero-order chi connectivity index (χ0) is 14.4. The first kappa shape index (κ1) is 15.5. The molecule has 1 N–H and O–H groups in total. The summed E-state index contributed by atoms with van der Waals surface area (Å²) in [6.45, 7) is 5.02. The Morgan fingerprint density at radius 2 is 2.35 bits per heavy atom. The maximum absolute atomic E-state index is 12.4. The summed E-state index contributed by atoms with van der Waals surface area (Å²) in [7, 11) is 2.11. The maximum atomic E-state index is 12.4. The molecule has 5 heteroatoms. The van der Waals surface area contributed by atoms with Crippen molar-refractivity contribution < 1.29 is 9.53 Å². The molecule has 0 spiro atoms. The summed E-state index contributed by atoms with van der Waals surface area (Å²) in [5, 5.41) is 5.56. The van der Waals surface area contributed by atoms with E-state index in [-0.39, 0.29) is 5.97 Å². The molecule has 0 radical (unpaired) electrons. The molecule has 112 valence electrons. The van der Waals surface area contributed by atoms with Crippen molar-refractivity contribution in [1.82, 2.24) is 10.2 Å². The fraction of sp³-hybridized carbons (Fsp3) is 0.667. The van der Waals surface area contributed by atoms with E-state index in [1.807, 2.05) is 13.0 Å². The van der Waals surface area contributed by atoms with E-state index in [1.54, 1.807) is 11.3 Å². The van der Waals surface area contributed by atoms with Gasteiger partial charge in [-0.2, -0.15) is 0 Å². The standard InChI is InChI=1S/C15H24N2O2S/c1-3-19-14(18)15(7-5-9-17(2)10-8-15)16-12-13-6-4-11-20-13/h4,6,11,16H,3,5,7-10,12H2,1-2H3. The van der Waals surface area contributed by atoms with Crippen LogP contribution in [0.25, 0.3) is 0 Å². The van der Waals surface area contributed by atoms with Gasteiger partial charge in [-0.1, -0.05) is 6.07 Å². The molecule has 1 fully saturated rings. The summed E-state index contributed by atoms with van der Waals surface area (Å²) in [6.07, 6.45) is 2.68. The van der Waals surface area contributed by atoms with Gasteiger partial charge in [0.2, 0.25) is 0 Å². The van der Waals surface area contributed by atoms with Gasteiger partial charge in [0.25, 0.3) is 0 Å². The minimum Gasteiger partial charge on any atom is -0.465 e. The monoisotopic (exact) mass is 296 g/mol. The first-order valence-electron chi connectivity index (χ1n) is 7.29. The number of nitrogens with one attached hydrogen (secondary N) is 1. The lowest BCUT2D eigenvalue weighted by molar-refractivity contribution is -0.152. The van der Waals surface area contributed by atoms with E-state index in [1.165, 1.54) is 4.88 Å². The number of rotatable bonds is 5. The topological polar surface area (TPSA) is 41.6 Å². The molecule has 1 aromatic heterocycles. The van der Waals surface area contributed by atoms with Crippen LogP contribution in [0.2, 0.25) is 0 Å². The third-order valence-electron chi connectivity index (χ3n) is 3.91. The van der Waals surface area contributed by atoms with Crippen LogP contribution >= 0.6 is 11.3 Å². The number of ether oxygens (including phenoxy) is 1. The van der Waals surface area contributed by atoms with Gasteiger partial charge in [-0.25, -0.2) is 0 Å². The van der Waals surface area contributed by atoms with Gasteiger partial charge in [0.15, 0.2) is 0 Å². The van der Waals surface area contributed by atoms with E-state index in [0.717, 1.165) is 38.9 Å². The molecule has 1 unspecified atom stereocenters. The van der Waals surface area contributed by atoms with Crippen LogP contribution in [0.5, 0.6) is 0 Å². The van der Waals surface area contributed by atoms with Gasteiger partial charge in [-0.3, -0.25) is 10.1 Å². The first-order valence-corrected chi connectivity index (χ1v) is 8.17. The SMILES string of the molecule is CCOC(=O)C1(NCc2cccs2)CCCN(C)CC1. The molecule has 2 heterocycles. The number of likely N-dealkylation sites (tertiary alicyclic amines) is 1. The minimum atomic E-state index is -0.523. The number of carbonyl (C=O) groups is 1. The molecular weight excluding hydrogens is 272 g/mol. The summed E-state index contributed by atoms with van der Waals surface area (Å²) in [6, 6.07) is 4.14. The molecule has 1 aromatic rings. The van der Waals surface area contributed by atoms with Crippen molar-refractivity contribution in [3.8, 4) is 0 Å². The van der Waals surface area contributed by atoms with Crippen molar-refractivity contribution >= 4 is 17.3 Å². The number of thiophene rings is 1. The Morgan fingerprint density at radius 3 is 3.05 bits per heavy atom. The van der Waals surface area contributed by atoms with Crippen molar-refractivity contribution in [1.29, 1.82) is 0 Å². The van der Waals surface area contributed by atoms with Gasteiger partial charge in [0.05, 0.1) is 6.61 Å². The largest absolute Gasteiger partial charge is 0.465 e. The highest BCUT2D eigenvalue weighted by Crippen LogP contribution is 2.25. The number of hydrogen-bond acceptors (Lipinski definition) is 5. The third kappa shape index (κ3) is 3.81. The molecule has 20 heavy (non-hydrogen) atoms. The van der Waals surface area contributed by atoms with Crippen LogP contribution in [0.3, 0.4) is 0 Å². The Kier molecular flexibility index (Phi) is 5.57. The molecule has 0 aromatic carbocycles. The fourth-order valence-electron chi connectivity index (χ4n) is 2.66. The van der Waals surface area contributed by atoms with E-state index in [2.05, 4.69) is 28.7 Å². The molecule has 1 atom stereocenters. The molecule has 0 bridgehead atoms. The molecule has 0 amide bonds. The van der Waals surface area contributed by atoms with E-state index in [9.17, 15) is 4.79 Å². The van der Waals surface area contributed by atoms with E-state index in [4.69, 9.17) is 4.74 Å². The van der Waals surface area contributed by atoms with Crippen molar-refractivity contribution in [2.75, 3.05) is 26.7 Å². The Hall–Kier alpha value is -0.910. The lowest BCUT2D eigenvalue weighted by Crippen LogP contribution is -2.53. The fourth-order valence-corrected chi connectivity index (χ4v) is 3.31. The maximum Gasteiger partial charge on any atom is 0.326 e. The van der Waals surface area contributed by atoms with Crippen LogP contribution < -0.4 is 5.32 Å². The predicted molar refractivity (Wildman–Crippen MR) is 81.9 cm³/mol. The van der Waals surface area contributed by atoms with Crippen LogP contribution in [0.15, 0.2) is 17.5 Å². The Morgan fingerprint density at radius 1 is 1.50 bits per heavy atom. The van der Waals surface area contributed by atoms with Gasteiger partial charge >= 0.3 is 5.97 Å². The van der Waals surface area contributed by atoms with Gasteiger partial charge in [-0.05, 0) is 51.2 Å². The van der Waals surface area contributed by atoms with Gasteiger partial charge in [0.1, 0.15) is 5.54 Å². The van der Waals surface area contributed by atoms with Crippen LogP contribution in [0.1, 0.15) is 31.1 Å². The third-order valence-corrected chi connectivity index (χ3v) is 4.79. The van der Waals surface area contributed by atoms with Crippen molar-refractivity contribution in [3.05, 3.63) is 22.4 Å². The Bertz CT molecular complexity index is 422. The van der Waals surface area contributed by atoms with Gasteiger partial charge in [-0.15, -0.1) is 11.3 Å². The predicted octanol–water partition coefficient (Wildman–Crippen LogP) is 2.26. The minimum absolute atomic E-state index is 0.0909. The summed E-state index contributed by atoms with van der Waals surface area (Å²) in [5.74, 6) is -0.0909. The number of carbonyl (C=O) groups excluding carboxylic acids is 1. The van der Waals surface area contributed by atoms with Gasteiger partial charge in [0, 0.05) is 18.0 Å². The lowest BCUT2D eigenvalue weighted by Gasteiger charge is -2.31. The second-order valence-corrected chi connectivity index (χ2v) is 6.42. The summed E-state index contributed by atoms with van der Waals surface area (Å²) >= 11 is 1.72. The zero-order valence-electron chi connectivity index (χ0n) is 12.4. The molecule has 2 rings (SSSR count). The molecule has 4 nitrogen and oxygen atoms in total. The normalized spacial score (nSPS) is 24.3. The Balaban J connectivity index is 2.08. The highest BCUT2D eigenvalue weighted by atomic mass is 32.1. The van der Waals surface area contributed by atoms with Crippen molar-refractivity contribution in [2.45, 2.75) is 38.3 Å².